The van der Waals surface area contributed by atoms with E-state index in [0.29, 0.717) is 13.0 Å². The number of benzene rings is 2. The van der Waals surface area contributed by atoms with E-state index in [1.807, 2.05) is 54.6 Å². The minimum absolute atomic E-state index is 0.0332. The number of carbonyl (C=O) groups excluding carboxylic acids is 1. The highest BCUT2D eigenvalue weighted by Crippen LogP contribution is 2.12. The molecule has 3 heteroatoms. The first kappa shape index (κ1) is 14.1. The van der Waals surface area contributed by atoms with Gasteiger partial charge in [0.25, 0.3) is 0 Å². The number of rotatable bonds is 6. The highest BCUT2D eigenvalue weighted by atomic mass is 16.5. The maximum atomic E-state index is 11.8. The zero-order valence-corrected chi connectivity index (χ0v) is 11.6. The van der Waals surface area contributed by atoms with Crippen LogP contribution in [0.25, 0.3) is 0 Å². The third-order valence-electron chi connectivity index (χ3n) is 2.96. The molecule has 104 valence electrons. The van der Waals surface area contributed by atoms with Crippen molar-refractivity contribution in [3.8, 4) is 5.75 Å². The molecular weight excluding hydrogens is 250 g/mol. The number of para-hydroxylation sites is 1. The van der Waals surface area contributed by atoms with Crippen molar-refractivity contribution in [2.75, 3.05) is 11.9 Å². The summed E-state index contributed by atoms with van der Waals surface area (Å²) in [5.41, 5.74) is 2.05. The van der Waals surface area contributed by atoms with Crippen LogP contribution in [0.4, 0.5) is 5.69 Å². The lowest BCUT2D eigenvalue weighted by molar-refractivity contribution is -0.116. The minimum Gasteiger partial charge on any atom is -0.493 e. The summed E-state index contributed by atoms with van der Waals surface area (Å²) in [5, 5.41) is 2.88. The highest BCUT2D eigenvalue weighted by Gasteiger charge is 2.03. The lowest BCUT2D eigenvalue weighted by Crippen LogP contribution is -2.15. The molecule has 2 rings (SSSR count). The van der Waals surface area contributed by atoms with E-state index in [1.54, 1.807) is 0 Å². The minimum atomic E-state index is -0.0332. The summed E-state index contributed by atoms with van der Waals surface area (Å²) in [5.74, 6) is 0.752. The number of hydrogen-bond acceptors (Lipinski definition) is 2. The molecular formula is C17H19NO2. The zero-order valence-electron chi connectivity index (χ0n) is 11.6. The molecule has 2 aromatic carbocycles. The van der Waals surface area contributed by atoms with E-state index >= 15 is 0 Å². The average Bonchev–Trinajstić information content (AvgIpc) is 2.48. The summed E-state index contributed by atoms with van der Waals surface area (Å²) < 4.78 is 5.50. The molecule has 1 N–H and O–H groups in total. The Kier molecular flexibility index (Phi) is 5.18. The van der Waals surface area contributed by atoms with Crippen LogP contribution in [-0.2, 0) is 11.2 Å². The molecule has 0 aliphatic carbocycles. The third kappa shape index (κ3) is 4.43. The van der Waals surface area contributed by atoms with Gasteiger partial charge in [0.2, 0.25) is 5.91 Å². The topological polar surface area (TPSA) is 38.3 Å². The van der Waals surface area contributed by atoms with Gasteiger partial charge in [-0.2, -0.15) is 0 Å². The first-order valence-electron chi connectivity index (χ1n) is 6.84. The average molecular weight is 269 g/mol. The Hall–Kier alpha value is -2.29. The van der Waals surface area contributed by atoms with Crippen LogP contribution in [0, 0.1) is 0 Å². The molecule has 0 saturated heterocycles. The van der Waals surface area contributed by atoms with Crippen LogP contribution in [0.3, 0.4) is 0 Å². The van der Waals surface area contributed by atoms with E-state index in [2.05, 4.69) is 12.2 Å². The van der Waals surface area contributed by atoms with Crippen LogP contribution < -0.4 is 10.1 Å². The Morgan fingerprint density at radius 1 is 1.10 bits per heavy atom. The van der Waals surface area contributed by atoms with Gasteiger partial charge in [0.05, 0.1) is 13.0 Å². The van der Waals surface area contributed by atoms with Gasteiger partial charge in [0, 0.05) is 5.69 Å². The van der Waals surface area contributed by atoms with Gasteiger partial charge in [-0.05, 0) is 36.2 Å². The lowest BCUT2D eigenvalue weighted by Gasteiger charge is -2.08. The monoisotopic (exact) mass is 269 g/mol. The molecule has 0 aliphatic heterocycles. The maximum absolute atomic E-state index is 11.8. The number of nitrogens with one attached hydrogen (secondary N) is 1. The smallest absolute Gasteiger partial charge is 0.227 e. The molecule has 0 fully saturated rings. The van der Waals surface area contributed by atoms with Crippen molar-refractivity contribution in [1.29, 1.82) is 0 Å². The number of ether oxygens (including phenoxy) is 1. The van der Waals surface area contributed by atoms with E-state index in [4.69, 9.17) is 4.74 Å². The molecule has 2 aromatic rings. The van der Waals surface area contributed by atoms with E-state index < -0.39 is 0 Å². The highest BCUT2D eigenvalue weighted by molar-refractivity contribution is 5.90. The summed E-state index contributed by atoms with van der Waals surface area (Å²) in [6.45, 7) is 2.47. The largest absolute Gasteiger partial charge is 0.493 e. The van der Waals surface area contributed by atoms with Gasteiger partial charge < -0.3 is 10.1 Å². The van der Waals surface area contributed by atoms with Crippen molar-refractivity contribution in [1.82, 2.24) is 0 Å². The second-order valence-corrected chi connectivity index (χ2v) is 4.51. The Balaban J connectivity index is 1.77. The number of amides is 1. The van der Waals surface area contributed by atoms with Gasteiger partial charge in [-0.1, -0.05) is 37.3 Å². The van der Waals surface area contributed by atoms with Crippen LogP contribution >= 0.6 is 0 Å². The van der Waals surface area contributed by atoms with Crippen molar-refractivity contribution >= 4 is 11.6 Å². The van der Waals surface area contributed by atoms with Gasteiger partial charge in [-0.15, -0.1) is 0 Å². The summed E-state index contributed by atoms with van der Waals surface area (Å²) in [6, 6.07) is 17.4. The molecule has 0 atom stereocenters. The number of anilines is 1. The van der Waals surface area contributed by atoms with Crippen molar-refractivity contribution < 1.29 is 9.53 Å². The predicted molar refractivity (Wildman–Crippen MR) is 81.0 cm³/mol. The molecule has 0 aromatic heterocycles. The second kappa shape index (κ2) is 7.34. The number of aryl methyl sites for hydroxylation is 1. The zero-order chi connectivity index (χ0) is 14.2. The van der Waals surface area contributed by atoms with Crippen molar-refractivity contribution in [3.63, 3.8) is 0 Å². The van der Waals surface area contributed by atoms with E-state index in [1.165, 1.54) is 5.56 Å². The third-order valence-corrected chi connectivity index (χ3v) is 2.96. The Morgan fingerprint density at radius 3 is 2.65 bits per heavy atom. The van der Waals surface area contributed by atoms with E-state index in [9.17, 15) is 4.79 Å². The fourth-order valence-corrected chi connectivity index (χ4v) is 1.87. The van der Waals surface area contributed by atoms with Crippen molar-refractivity contribution in [3.05, 3.63) is 60.2 Å². The molecule has 0 radical (unpaired) electrons. The summed E-state index contributed by atoms with van der Waals surface area (Å²) in [7, 11) is 0. The normalized spacial score (nSPS) is 10.1. The fraction of sp³-hybridized carbons (Fsp3) is 0.235. The first-order valence-corrected chi connectivity index (χ1v) is 6.84. The summed E-state index contributed by atoms with van der Waals surface area (Å²) >= 11 is 0. The quantitative estimate of drug-likeness (QED) is 0.869. The van der Waals surface area contributed by atoms with Crippen LogP contribution in [0.2, 0.25) is 0 Å². The molecule has 0 saturated carbocycles. The van der Waals surface area contributed by atoms with Crippen LogP contribution in [0.5, 0.6) is 5.75 Å². The first-order chi connectivity index (χ1) is 9.78. The van der Waals surface area contributed by atoms with E-state index in [0.717, 1.165) is 17.9 Å². The Bertz CT molecular complexity index is 552. The second-order valence-electron chi connectivity index (χ2n) is 4.51. The number of carbonyl (C=O) groups is 1. The molecule has 0 aliphatic rings. The molecule has 3 nitrogen and oxygen atoms in total. The predicted octanol–water partition coefficient (Wildman–Crippen LogP) is 3.66. The van der Waals surface area contributed by atoms with Crippen molar-refractivity contribution in [2.24, 2.45) is 0 Å². The van der Waals surface area contributed by atoms with Crippen molar-refractivity contribution in [2.45, 2.75) is 19.8 Å². The number of hydrogen-bond donors (Lipinski definition) is 1. The molecule has 20 heavy (non-hydrogen) atoms. The standard InChI is InChI=1S/C17H19NO2/c1-2-14-7-6-8-15(13-14)18-17(19)11-12-20-16-9-4-3-5-10-16/h3-10,13H,2,11-12H2,1H3,(H,18,19). The molecule has 0 spiro atoms. The van der Waals surface area contributed by atoms with Gasteiger partial charge in [0.1, 0.15) is 5.75 Å². The van der Waals surface area contributed by atoms with Crippen LogP contribution in [-0.4, -0.2) is 12.5 Å². The Morgan fingerprint density at radius 2 is 1.90 bits per heavy atom. The van der Waals surface area contributed by atoms with E-state index in [-0.39, 0.29) is 5.91 Å². The van der Waals surface area contributed by atoms with Crippen LogP contribution in [0.1, 0.15) is 18.9 Å². The molecule has 1 amide bonds. The van der Waals surface area contributed by atoms with Crippen LogP contribution in [0.15, 0.2) is 54.6 Å². The van der Waals surface area contributed by atoms with Gasteiger partial charge in [-0.3, -0.25) is 4.79 Å². The lowest BCUT2D eigenvalue weighted by atomic mass is 10.1. The SMILES string of the molecule is CCc1cccc(NC(=O)CCOc2ccccc2)c1. The fourth-order valence-electron chi connectivity index (χ4n) is 1.87. The Labute approximate surface area is 119 Å². The maximum Gasteiger partial charge on any atom is 0.227 e. The summed E-state index contributed by atoms with van der Waals surface area (Å²) in [6.07, 6.45) is 1.30. The summed E-state index contributed by atoms with van der Waals surface area (Å²) in [4.78, 5) is 11.8. The molecule has 0 bridgehead atoms. The molecule has 0 unspecified atom stereocenters. The van der Waals surface area contributed by atoms with Gasteiger partial charge in [-0.25, -0.2) is 0 Å². The van der Waals surface area contributed by atoms with Gasteiger partial charge >= 0.3 is 0 Å². The van der Waals surface area contributed by atoms with Gasteiger partial charge in [0.15, 0.2) is 0 Å². The molecule has 0 heterocycles.